The molecule has 0 radical (unpaired) electrons. The van der Waals surface area contributed by atoms with Gasteiger partial charge in [-0.05, 0) is 36.7 Å². The summed E-state index contributed by atoms with van der Waals surface area (Å²) in [6.07, 6.45) is 3.32. The number of nitriles is 1. The summed E-state index contributed by atoms with van der Waals surface area (Å²) in [6, 6.07) is 1.38. The predicted octanol–water partition coefficient (Wildman–Crippen LogP) is 1.34. The molecule has 1 aliphatic carbocycles. The lowest BCUT2D eigenvalue weighted by Gasteiger charge is -2.38. The van der Waals surface area contributed by atoms with Gasteiger partial charge in [0.1, 0.15) is 11.6 Å². The molecule has 24 heavy (non-hydrogen) atoms. The monoisotopic (exact) mass is 328 g/mol. The number of carbonyl (C=O) groups excluding carboxylic acids is 3. The third-order valence-corrected chi connectivity index (χ3v) is 4.70. The molecule has 2 heterocycles. The number of nitrogens with one attached hydrogen (secondary N) is 2. The highest BCUT2D eigenvalue weighted by molar-refractivity contribution is 6.29. The standard InChI is InChI=1S/C17H20N4O3/c1-17(2)7-10(13-14(22)19-16(24)20-15(13)23)11(9-18)12(8-17)21-5-3-4-6-21/h3-8H2,1-2H3,(H2,19,20,22,23,24). The number of carbonyl (C=O) groups is 3. The lowest BCUT2D eigenvalue weighted by atomic mass is 9.72. The van der Waals surface area contributed by atoms with Crippen LogP contribution >= 0.6 is 0 Å². The maximum absolute atomic E-state index is 12.2. The van der Waals surface area contributed by atoms with Crippen LogP contribution in [0.4, 0.5) is 4.79 Å². The minimum Gasteiger partial charge on any atom is -0.374 e. The summed E-state index contributed by atoms with van der Waals surface area (Å²) in [4.78, 5) is 37.9. The van der Waals surface area contributed by atoms with Crippen molar-refractivity contribution in [3.63, 3.8) is 0 Å². The molecular weight excluding hydrogens is 308 g/mol. The van der Waals surface area contributed by atoms with Gasteiger partial charge in [-0.2, -0.15) is 5.26 Å². The molecule has 0 aromatic rings. The van der Waals surface area contributed by atoms with E-state index in [0.717, 1.165) is 38.0 Å². The zero-order chi connectivity index (χ0) is 17.5. The molecule has 0 saturated carbocycles. The predicted molar refractivity (Wildman–Crippen MR) is 85.2 cm³/mol. The number of barbiturate groups is 1. The van der Waals surface area contributed by atoms with E-state index < -0.39 is 17.8 Å². The summed E-state index contributed by atoms with van der Waals surface area (Å²) in [5.41, 5.74) is 1.47. The molecule has 4 amide bonds. The first-order chi connectivity index (χ1) is 11.3. The molecule has 0 atom stereocenters. The van der Waals surface area contributed by atoms with E-state index in [0.29, 0.717) is 17.6 Å². The lowest BCUT2D eigenvalue weighted by Crippen LogP contribution is -2.52. The number of hydrogen-bond donors (Lipinski definition) is 2. The van der Waals surface area contributed by atoms with Crippen molar-refractivity contribution in [2.24, 2.45) is 5.41 Å². The Balaban J connectivity index is 2.17. The molecule has 2 N–H and O–H groups in total. The van der Waals surface area contributed by atoms with Crippen molar-refractivity contribution in [1.82, 2.24) is 15.5 Å². The van der Waals surface area contributed by atoms with Crippen LogP contribution in [0, 0.1) is 16.7 Å². The first kappa shape index (κ1) is 16.2. The second-order valence-corrected chi connectivity index (χ2v) is 7.24. The van der Waals surface area contributed by atoms with Gasteiger partial charge in [-0.3, -0.25) is 20.2 Å². The molecule has 126 valence electrons. The number of urea groups is 1. The van der Waals surface area contributed by atoms with Gasteiger partial charge in [-0.15, -0.1) is 0 Å². The van der Waals surface area contributed by atoms with E-state index in [1.807, 2.05) is 0 Å². The van der Waals surface area contributed by atoms with Gasteiger partial charge in [0.2, 0.25) is 0 Å². The van der Waals surface area contributed by atoms with Gasteiger partial charge in [-0.1, -0.05) is 13.8 Å². The Bertz CT molecular complexity index is 711. The fourth-order valence-corrected chi connectivity index (χ4v) is 3.69. The van der Waals surface area contributed by atoms with E-state index in [4.69, 9.17) is 0 Å². The number of likely N-dealkylation sites (tertiary alicyclic amines) is 1. The second-order valence-electron chi connectivity index (χ2n) is 7.24. The van der Waals surface area contributed by atoms with Crippen molar-refractivity contribution < 1.29 is 14.4 Å². The third kappa shape index (κ3) is 2.80. The third-order valence-electron chi connectivity index (χ3n) is 4.70. The van der Waals surface area contributed by atoms with Crippen LogP contribution in [0.1, 0.15) is 39.5 Å². The van der Waals surface area contributed by atoms with Crippen molar-refractivity contribution in [3.8, 4) is 6.07 Å². The number of amides is 4. The first-order valence-electron chi connectivity index (χ1n) is 8.11. The minimum atomic E-state index is -0.827. The van der Waals surface area contributed by atoms with E-state index in [1.165, 1.54) is 0 Å². The SMILES string of the molecule is CC1(C)CC(=C2C(=O)NC(=O)NC2=O)C(C#N)=C(N2CCCC2)C1. The van der Waals surface area contributed by atoms with E-state index in [1.54, 1.807) is 0 Å². The fourth-order valence-electron chi connectivity index (χ4n) is 3.69. The maximum atomic E-state index is 12.2. The summed E-state index contributed by atoms with van der Waals surface area (Å²) in [7, 11) is 0. The molecule has 0 spiro atoms. The summed E-state index contributed by atoms with van der Waals surface area (Å²) in [6.45, 7) is 5.88. The van der Waals surface area contributed by atoms with Crippen molar-refractivity contribution in [2.75, 3.05) is 13.1 Å². The van der Waals surface area contributed by atoms with Gasteiger partial charge < -0.3 is 4.90 Å². The second kappa shape index (κ2) is 5.78. The summed E-state index contributed by atoms with van der Waals surface area (Å²) in [5, 5.41) is 13.9. The molecule has 7 nitrogen and oxygen atoms in total. The Kier molecular flexibility index (Phi) is 3.91. The Morgan fingerprint density at radius 2 is 1.62 bits per heavy atom. The molecule has 0 aromatic heterocycles. The molecule has 2 fully saturated rings. The highest BCUT2D eigenvalue weighted by Crippen LogP contribution is 2.44. The van der Waals surface area contributed by atoms with Crippen LogP contribution in [0.2, 0.25) is 0 Å². The van der Waals surface area contributed by atoms with Gasteiger partial charge >= 0.3 is 6.03 Å². The Hall–Kier alpha value is -2.62. The van der Waals surface area contributed by atoms with Gasteiger partial charge in [0.15, 0.2) is 0 Å². The van der Waals surface area contributed by atoms with Crippen molar-refractivity contribution >= 4 is 17.8 Å². The molecule has 2 aliphatic heterocycles. The highest BCUT2D eigenvalue weighted by atomic mass is 16.2. The van der Waals surface area contributed by atoms with Gasteiger partial charge in [0, 0.05) is 18.8 Å². The number of nitrogens with zero attached hydrogens (tertiary/aromatic N) is 2. The molecule has 0 unspecified atom stereocenters. The van der Waals surface area contributed by atoms with Gasteiger partial charge in [-0.25, -0.2) is 4.79 Å². The minimum absolute atomic E-state index is 0.115. The number of hydrogen-bond acceptors (Lipinski definition) is 5. The van der Waals surface area contributed by atoms with Crippen LogP contribution in [0.3, 0.4) is 0 Å². The highest BCUT2D eigenvalue weighted by Gasteiger charge is 2.39. The average Bonchev–Trinajstić information content (AvgIpc) is 2.98. The smallest absolute Gasteiger partial charge is 0.328 e. The zero-order valence-corrected chi connectivity index (χ0v) is 13.9. The fraction of sp³-hybridized carbons (Fsp3) is 0.529. The van der Waals surface area contributed by atoms with E-state index >= 15 is 0 Å². The average molecular weight is 328 g/mol. The summed E-state index contributed by atoms with van der Waals surface area (Å²) < 4.78 is 0. The van der Waals surface area contributed by atoms with Crippen molar-refractivity contribution in [1.29, 1.82) is 5.26 Å². The van der Waals surface area contributed by atoms with Crippen molar-refractivity contribution in [2.45, 2.75) is 39.5 Å². The molecule has 3 rings (SSSR count). The number of imide groups is 2. The molecular formula is C17H20N4O3. The normalized spacial score (nSPS) is 24.0. The maximum Gasteiger partial charge on any atom is 0.328 e. The van der Waals surface area contributed by atoms with Crippen LogP contribution in [-0.2, 0) is 9.59 Å². The summed E-state index contributed by atoms with van der Waals surface area (Å²) >= 11 is 0. The molecule has 3 aliphatic rings. The van der Waals surface area contributed by atoms with Crippen LogP contribution in [0.5, 0.6) is 0 Å². The van der Waals surface area contributed by atoms with Crippen LogP contribution in [-0.4, -0.2) is 35.8 Å². The lowest BCUT2D eigenvalue weighted by molar-refractivity contribution is -0.124. The van der Waals surface area contributed by atoms with Crippen LogP contribution in [0.15, 0.2) is 22.4 Å². The van der Waals surface area contributed by atoms with Crippen molar-refractivity contribution in [3.05, 3.63) is 22.4 Å². The number of allylic oxidation sites excluding steroid dienone is 3. The molecule has 0 bridgehead atoms. The summed E-state index contributed by atoms with van der Waals surface area (Å²) in [5.74, 6) is -1.46. The van der Waals surface area contributed by atoms with Crippen LogP contribution < -0.4 is 10.6 Å². The topological polar surface area (TPSA) is 102 Å². The molecule has 2 saturated heterocycles. The van der Waals surface area contributed by atoms with E-state index in [-0.39, 0.29) is 11.0 Å². The molecule has 0 aromatic carbocycles. The van der Waals surface area contributed by atoms with E-state index in [9.17, 15) is 19.6 Å². The largest absolute Gasteiger partial charge is 0.374 e. The zero-order valence-electron chi connectivity index (χ0n) is 13.9. The van der Waals surface area contributed by atoms with Gasteiger partial charge in [0.25, 0.3) is 11.8 Å². The Labute approximate surface area is 140 Å². The van der Waals surface area contributed by atoms with E-state index in [2.05, 4.69) is 35.5 Å². The first-order valence-corrected chi connectivity index (χ1v) is 8.11. The Morgan fingerprint density at radius 3 is 2.17 bits per heavy atom. The quantitative estimate of drug-likeness (QED) is 0.558. The Morgan fingerprint density at radius 1 is 1.04 bits per heavy atom. The van der Waals surface area contributed by atoms with Gasteiger partial charge in [0.05, 0.1) is 5.57 Å². The number of rotatable bonds is 1. The molecule has 7 heteroatoms. The van der Waals surface area contributed by atoms with Crippen LogP contribution in [0.25, 0.3) is 0 Å².